The third-order valence-corrected chi connectivity index (χ3v) is 8.20. The molecule has 1 aromatic heterocycles. The number of rotatable bonds is 12. The summed E-state index contributed by atoms with van der Waals surface area (Å²) in [5.74, 6) is -0.516. The molecule has 6 heteroatoms. The van der Waals surface area contributed by atoms with Gasteiger partial charge in [0.15, 0.2) is 0 Å². The van der Waals surface area contributed by atoms with E-state index in [1.807, 2.05) is 24.3 Å². The van der Waals surface area contributed by atoms with E-state index < -0.39 is 0 Å². The molecule has 0 aliphatic carbocycles. The van der Waals surface area contributed by atoms with E-state index in [0.717, 1.165) is 6.42 Å². The van der Waals surface area contributed by atoms with E-state index in [-0.39, 0.29) is 11.8 Å². The number of halogens is 2. The minimum atomic E-state index is -0.258. The molecule has 0 saturated carbocycles. The first-order valence-electron chi connectivity index (χ1n) is 11.0. The average Bonchev–Trinajstić information content (AvgIpc) is 3.18. The van der Waals surface area contributed by atoms with E-state index >= 15 is 0 Å². The van der Waals surface area contributed by atoms with Crippen LogP contribution in [0.4, 0.5) is 5.69 Å². The van der Waals surface area contributed by atoms with Crippen molar-refractivity contribution in [3.8, 4) is 0 Å². The van der Waals surface area contributed by atoms with Crippen LogP contribution in [-0.2, 0) is 6.42 Å². The number of carbonyl (C=O) groups is 2. The second-order valence-electron chi connectivity index (χ2n) is 7.94. The molecule has 0 atom stereocenters. The SMILES string of the molecule is CCCCCCCCCCCCc1ccc(N2C(=O)c3c(Br)sc(Br)c3C2=O)cc1. The van der Waals surface area contributed by atoms with Crippen LogP contribution in [0.2, 0.25) is 0 Å². The number of hydrogen-bond acceptors (Lipinski definition) is 3. The number of thiophene rings is 1. The van der Waals surface area contributed by atoms with E-state index in [0.29, 0.717) is 24.4 Å². The van der Waals surface area contributed by atoms with Crippen LogP contribution in [0.3, 0.4) is 0 Å². The second-order valence-corrected chi connectivity index (χ2v) is 11.6. The molecule has 1 aliphatic rings. The van der Waals surface area contributed by atoms with Crippen LogP contribution in [0.25, 0.3) is 0 Å². The Kier molecular flexibility index (Phi) is 9.14. The highest BCUT2D eigenvalue weighted by Gasteiger charge is 2.41. The van der Waals surface area contributed by atoms with Crippen molar-refractivity contribution in [1.82, 2.24) is 0 Å². The van der Waals surface area contributed by atoms with E-state index in [1.54, 1.807) is 0 Å². The molecule has 0 radical (unpaired) electrons. The monoisotopic (exact) mass is 553 g/mol. The molecule has 0 saturated heterocycles. The summed E-state index contributed by atoms with van der Waals surface area (Å²) in [7, 11) is 0. The Bertz CT molecular complexity index is 840. The molecule has 0 fully saturated rings. The van der Waals surface area contributed by atoms with Crippen molar-refractivity contribution < 1.29 is 9.59 Å². The summed E-state index contributed by atoms with van der Waals surface area (Å²) in [4.78, 5) is 26.8. The summed E-state index contributed by atoms with van der Waals surface area (Å²) < 4.78 is 1.39. The third kappa shape index (κ3) is 5.63. The predicted molar refractivity (Wildman–Crippen MR) is 133 cm³/mol. The van der Waals surface area contributed by atoms with E-state index in [1.165, 1.54) is 86.0 Å². The van der Waals surface area contributed by atoms with Gasteiger partial charge >= 0.3 is 0 Å². The number of nitrogens with zero attached hydrogens (tertiary/aromatic N) is 1. The maximum absolute atomic E-state index is 12.8. The normalized spacial score (nSPS) is 13.4. The highest BCUT2D eigenvalue weighted by atomic mass is 79.9. The van der Waals surface area contributed by atoms with Gasteiger partial charge < -0.3 is 0 Å². The zero-order valence-corrected chi connectivity index (χ0v) is 21.5. The highest BCUT2D eigenvalue weighted by Crippen LogP contribution is 2.43. The summed E-state index contributed by atoms with van der Waals surface area (Å²) in [5.41, 5.74) is 2.82. The van der Waals surface area contributed by atoms with Gasteiger partial charge in [-0.15, -0.1) is 11.3 Å². The summed E-state index contributed by atoms with van der Waals surface area (Å²) in [6.45, 7) is 2.26. The van der Waals surface area contributed by atoms with Gasteiger partial charge in [0, 0.05) is 0 Å². The Hall–Kier alpha value is -0.980. The summed E-state index contributed by atoms with van der Waals surface area (Å²) in [6.07, 6.45) is 14.4. The quantitative estimate of drug-likeness (QED) is 0.195. The van der Waals surface area contributed by atoms with Crippen LogP contribution in [0.1, 0.15) is 97.4 Å². The van der Waals surface area contributed by atoms with Crippen LogP contribution in [0.5, 0.6) is 0 Å². The number of unbranched alkanes of at least 4 members (excludes halogenated alkanes) is 9. The first kappa shape index (κ1) is 23.7. The van der Waals surface area contributed by atoms with E-state index in [4.69, 9.17) is 0 Å². The summed E-state index contributed by atoms with van der Waals surface area (Å²) in [6, 6.07) is 7.86. The number of aryl methyl sites for hydroxylation is 1. The number of amides is 2. The summed E-state index contributed by atoms with van der Waals surface area (Å²) in [5, 5.41) is 0. The summed E-state index contributed by atoms with van der Waals surface area (Å²) >= 11 is 8.17. The Morgan fingerprint density at radius 2 is 1.20 bits per heavy atom. The largest absolute Gasteiger partial charge is 0.268 e. The molecule has 3 nitrogen and oxygen atoms in total. The van der Waals surface area contributed by atoms with Crippen LogP contribution in [0, 0.1) is 0 Å². The lowest BCUT2D eigenvalue weighted by Gasteiger charge is -2.15. The van der Waals surface area contributed by atoms with Crippen LogP contribution >= 0.6 is 43.2 Å². The van der Waals surface area contributed by atoms with Crippen molar-refractivity contribution in [3.63, 3.8) is 0 Å². The lowest BCUT2D eigenvalue weighted by molar-refractivity contribution is 0.0925. The standard InChI is InChI=1S/C24H29Br2NO2S/c1-2-3-4-5-6-7-8-9-10-11-12-17-13-15-18(16-14-17)27-23(28)19-20(24(27)29)22(26)30-21(19)25/h13-16H,2-12H2,1H3. The molecule has 162 valence electrons. The maximum Gasteiger partial charge on any atom is 0.268 e. The fourth-order valence-corrected chi connectivity index (χ4v) is 7.04. The Labute approximate surface area is 200 Å². The average molecular weight is 555 g/mol. The topological polar surface area (TPSA) is 37.4 Å². The van der Waals surface area contributed by atoms with Crippen molar-refractivity contribution in [1.29, 1.82) is 0 Å². The van der Waals surface area contributed by atoms with E-state index in [2.05, 4.69) is 38.8 Å². The molecule has 0 N–H and O–H groups in total. The first-order chi connectivity index (χ1) is 14.5. The number of anilines is 1. The van der Waals surface area contributed by atoms with Crippen LogP contribution in [0.15, 0.2) is 31.8 Å². The molecule has 2 heterocycles. The molecule has 1 aromatic carbocycles. The van der Waals surface area contributed by atoms with Gasteiger partial charge in [0.05, 0.1) is 24.4 Å². The molecule has 0 bridgehead atoms. The number of benzene rings is 1. The van der Waals surface area contributed by atoms with Crippen molar-refractivity contribution >= 4 is 60.7 Å². The number of carbonyl (C=O) groups excluding carboxylic acids is 2. The zero-order valence-electron chi connectivity index (χ0n) is 17.5. The predicted octanol–water partition coefficient (Wildman–Crippen LogP) is 8.54. The Morgan fingerprint density at radius 3 is 1.70 bits per heavy atom. The van der Waals surface area contributed by atoms with Gasteiger partial charge in [0.2, 0.25) is 0 Å². The molecule has 2 amide bonds. The maximum atomic E-state index is 12.8. The van der Waals surface area contributed by atoms with Crippen molar-refractivity contribution in [3.05, 3.63) is 48.5 Å². The molecule has 1 aliphatic heterocycles. The molecular weight excluding hydrogens is 526 g/mol. The van der Waals surface area contributed by atoms with Gasteiger partial charge in [0.25, 0.3) is 11.8 Å². The van der Waals surface area contributed by atoms with Gasteiger partial charge in [-0.1, -0.05) is 76.8 Å². The number of fused-ring (bicyclic) bond motifs is 1. The zero-order chi connectivity index (χ0) is 21.5. The van der Waals surface area contributed by atoms with E-state index in [9.17, 15) is 9.59 Å². The Balaban J connectivity index is 1.42. The fraction of sp³-hybridized carbons (Fsp3) is 0.500. The smallest absolute Gasteiger partial charge is 0.268 e. The van der Waals surface area contributed by atoms with Gasteiger partial charge in [-0.05, 0) is 62.4 Å². The van der Waals surface area contributed by atoms with Gasteiger partial charge in [0.1, 0.15) is 0 Å². The van der Waals surface area contributed by atoms with Crippen molar-refractivity contribution in [2.75, 3.05) is 4.90 Å². The number of imide groups is 1. The van der Waals surface area contributed by atoms with Crippen LogP contribution < -0.4 is 4.90 Å². The first-order valence-corrected chi connectivity index (χ1v) is 13.4. The molecule has 0 unspecified atom stereocenters. The molecule has 0 spiro atoms. The van der Waals surface area contributed by atoms with Crippen LogP contribution in [-0.4, -0.2) is 11.8 Å². The molecule has 2 aromatic rings. The van der Waals surface area contributed by atoms with Crippen molar-refractivity contribution in [2.45, 2.75) is 77.6 Å². The van der Waals surface area contributed by atoms with Gasteiger partial charge in [-0.3, -0.25) is 9.59 Å². The lowest BCUT2D eigenvalue weighted by Crippen LogP contribution is -2.29. The second kappa shape index (κ2) is 11.6. The molecule has 3 rings (SSSR count). The molecular formula is C24H29Br2NO2S. The fourth-order valence-electron chi connectivity index (χ4n) is 3.94. The third-order valence-electron chi connectivity index (χ3n) is 5.67. The lowest BCUT2D eigenvalue weighted by atomic mass is 10.0. The minimum Gasteiger partial charge on any atom is -0.268 e. The van der Waals surface area contributed by atoms with Gasteiger partial charge in [-0.2, -0.15) is 0 Å². The molecule has 30 heavy (non-hydrogen) atoms. The highest BCUT2D eigenvalue weighted by molar-refractivity contribution is 9.12. The van der Waals surface area contributed by atoms with Gasteiger partial charge in [-0.25, -0.2) is 4.90 Å². The minimum absolute atomic E-state index is 0.258. The number of hydrogen-bond donors (Lipinski definition) is 0. The Morgan fingerprint density at radius 1 is 0.733 bits per heavy atom. The van der Waals surface area contributed by atoms with Crippen molar-refractivity contribution in [2.24, 2.45) is 0 Å².